The van der Waals surface area contributed by atoms with Crippen LogP contribution in [0.25, 0.3) is 0 Å². The van der Waals surface area contributed by atoms with Gasteiger partial charge in [0.15, 0.2) is 11.8 Å². The van der Waals surface area contributed by atoms with Crippen LogP contribution in [-0.2, 0) is 14.4 Å². The van der Waals surface area contributed by atoms with E-state index in [0.29, 0.717) is 34.9 Å². The summed E-state index contributed by atoms with van der Waals surface area (Å²) in [4.78, 5) is 28.6. The molecule has 0 saturated heterocycles. The van der Waals surface area contributed by atoms with Gasteiger partial charge < -0.3 is 20.3 Å². The molecule has 1 heterocycles. The molecule has 0 saturated carbocycles. The Bertz CT molecular complexity index is 1390. The van der Waals surface area contributed by atoms with Crippen molar-refractivity contribution in [2.75, 3.05) is 69.3 Å². The predicted molar refractivity (Wildman–Crippen MR) is 179 cm³/mol. The molecular weight excluding hydrogens is 582 g/mol. The van der Waals surface area contributed by atoms with E-state index in [9.17, 15) is 14.1 Å². The zero-order chi connectivity index (χ0) is 33.0. The fourth-order valence-electron chi connectivity index (χ4n) is 4.92. The molecule has 44 heavy (non-hydrogen) atoms. The minimum Gasteiger partial charge on any atom is -0.492 e. The number of hydrogen-bond acceptors (Lipinski definition) is 10. The molecular formula is C31H49N7O5S. The summed E-state index contributed by atoms with van der Waals surface area (Å²) in [5.74, 6) is -0.181. The van der Waals surface area contributed by atoms with Crippen molar-refractivity contribution in [2.45, 2.75) is 53.0 Å². The van der Waals surface area contributed by atoms with E-state index < -0.39 is 16.8 Å². The van der Waals surface area contributed by atoms with Crippen LogP contribution in [0.3, 0.4) is 0 Å². The van der Waals surface area contributed by atoms with Gasteiger partial charge in [0.05, 0.1) is 37.8 Å². The maximum absolute atomic E-state index is 13.6. The Morgan fingerprint density at radius 2 is 1.77 bits per heavy atom. The van der Waals surface area contributed by atoms with Crippen molar-refractivity contribution < 1.29 is 23.1 Å². The summed E-state index contributed by atoms with van der Waals surface area (Å²) in [6.45, 7) is 13.9. The quantitative estimate of drug-likeness (QED) is 0.237. The van der Waals surface area contributed by atoms with Crippen LogP contribution in [0, 0.1) is 12.3 Å². The minimum absolute atomic E-state index is 0.0957. The molecule has 2 atom stereocenters. The second-order valence-corrected chi connectivity index (χ2v) is 15.4. The minimum atomic E-state index is -2.61. The van der Waals surface area contributed by atoms with Gasteiger partial charge in [-0.15, -0.1) is 10.8 Å². The van der Waals surface area contributed by atoms with Crippen molar-refractivity contribution in [3.8, 4) is 5.75 Å². The van der Waals surface area contributed by atoms with Crippen molar-refractivity contribution >= 4 is 39.7 Å². The highest BCUT2D eigenvalue weighted by Gasteiger charge is 2.30. The third-order valence-electron chi connectivity index (χ3n) is 7.21. The predicted octanol–water partition coefficient (Wildman–Crippen LogP) is 5.61. The molecule has 0 aromatic heterocycles. The molecule has 2 unspecified atom stereocenters. The SMILES string of the molecule is COc1c(NC(=O)c2ccc(C)c(N3CC(C(=O)NCC(C)(C)CN(C)C)N=N3)c2)cc(C(C)(C)C)cc1NS(C)(O)OC. The van der Waals surface area contributed by atoms with E-state index in [4.69, 9.17) is 8.92 Å². The molecule has 2 amide bonds. The van der Waals surface area contributed by atoms with Crippen LogP contribution in [0.5, 0.6) is 5.75 Å². The number of aryl methyl sites for hydroxylation is 1. The van der Waals surface area contributed by atoms with Crippen LogP contribution in [0.15, 0.2) is 40.7 Å². The first kappa shape index (κ1) is 35.1. The molecule has 0 fully saturated rings. The van der Waals surface area contributed by atoms with Crippen molar-refractivity contribution in [3.63, 3.8) is 0 Å². The Hall–Kier alpha value is -3.39. The lowest BCUT2D eigenvalue weighted by molar-refractivity contribution is -0.122. The van der Waals surface area contributed by atoms with E-state index in [1.54, 1.807) is 23.4 Å². The van der Waals surface area contributed by atoms with E-state index in [1.807, 2.05) is 39.2 Å². The van der Waals surface area contributed by atoms with Gasteiger partial charge in [-0.2, -0.15) is 5.11 Å². The van der Waals surface area contributed by atoms with Crippen molar-refractivity contribution in [1.29, 1.82) is 0 Å². The van der Waals surface area contributed by atoms with E-state index >= 15 is 0 Å². The summed E-state index contributed by atoms with van der Waals surface area (Å²) in [6.07, 6.45) is 1.55. The maximum atomic E-state index is 13.6. The first-order valence-corrected chi connectivity index (χ1v) is 16.4. The lowest BCUT2D eigenvalue weighted by Crippen LogP contribution is -2.44. The Kier molecular flexibility index (Phi) is 10.9. The van der Waals surface area contributed by atoms with Gasteiger partial charge in [0.1, 0.15) is 0 Å². The number of nitrogens with zero attached hydrogens (tertiary/aromatic N) is 4. The number of carbonyl (C=O) groups excluding carboxylic acids is 2. The first-order chi connectivity index (χ1) is 20.4. The number of anilines is 3. The molecule has 0 bridgehead atoms. The summed E-state index contributed by atoms with van der Waals surface area (Å²) in [5.41, 5.74) is 3.45. The van der Waals surface area contributed by atoms with Gasteiger partial charge >= 0.3 is 0 Å². The third-order valence-corrected chi connectivity index (χ3v) is 8.46. The van der Waals surface area contributed by atoms with Crippen LogP contribution >= 0.6 is 10.8 Å². The molecule has 1 aliphatic heterocycles. The van der Waals surface area contributed by atoms with Gasteiger partial charge in [-0.05, 0) is 67.2 Å². The summed E-state index contributed by atoms with van der Waals surface area (Å²) >= 11 is 0. The van der Waals surface area contributed by atoms with E-state index in [-0.39, 0.29) is 29.2 Å². The number of nitrogens with one attached hydrogen (secondary N) is 3. The van der Waals surface area contributed by atoms with E-state index in [1.165, 1.54) is 14.2 Å². The molecule has 4 N–H and O–H groups in total. The van der Waals surface area contributed by atoms with E-state index in [0.717, 1.165) is 17.7 Å². The monoisotopic (exact) mass is 631 g/mol. The van der Waals surface area contributed by atoms with Gasteiger partial charge in [-0.3, -0.25) is 23.0 Å². The number of ether oxygens (including phenoxy) is 1. The highest BCUT2D eigenvalue weighted by Crippen LogP contribution is 2.46. The molecule has 3 rings (SSSR count). The Balaban J connectivity index is 1.82. The maximum Gasteiger partial charge on any atom is 0.255 e. The van der Waals surface area contributed by atoms with Gasteiger partial charge in [0.25, 0.3) is 5.91 Å². The van der Waals surface area contributed by atoms with Gasteiger partial charge in [-0.1, -0.05) is 45.9 Å². The summed E-state index contributed by atoms with van der Waals surface area (Å²) in [7, 11) is 4.32. The highest BCUT2D eigenvalue weighted by molar-refractivity contribution is 8.25. The third kappa shape index (κ3) is 9.07. The lowest BCUT2D eigenvalue weighted by atomic mass is 9.86. The normalized spacial score (nSPS) is 17.3. The zero-order valence-corrected chi connectivity index (χ0v) is 28.7. The summed E-state index contributed by atoms with van der Waals surface area (Å²) in [5, 5.41) is 16.1. The fourth-order valence-corrected chi connectivity index (χ4v) is 5.56. The number of hydrogen-bond donors (Lipinski definition) is 4. The molecule has 13 heteroatoms. The highest BCUT2D eigenvalue weighted by atomic mass is 32.3. The van der Waals surface area contributed by atoms with Crippen molar-refractivity contribution in [2.24, 2.45) is 15.8 Å². The Morgan fingerprint density at radius 3 is 2.36 bits per heavy atom. The average molecular weight is 632 g/mol. The van der Waals surface area contributed by atoms with Crippen LogP contribution in [0.1, 0.15) is 56.1 Å². The van der Waals surface area contributed by atoms with Crippen LogP contribution in [-0.4, -0.2) is 81.5 Å². The van der Waals surface area contributed by atoms with E-state index in [2.05, 4.69) is 65.2 Å². The standard InChI is InChI=1S/C31H49N7O5S/c1-20-12-13-21(14-26(20)38-17-25(34-36-38)29(40)32-18-31(5,6)19-37(7)8)28(39)33-23-15-22(30(2,3)4)16-24(27(23)42-9)35-44(11,41)43-10/h12-16,25,35,41H,17-19H2,1-11H3,(H,32,40)(H,33,39). The lowest BCUT2D eigenvalue weighted by Gasteiger charge is -2.35. The summed E-state index contributed by atoms with van der Waals surface area (Å²) in [6, 6.07) is 8.41. The number of benzene rings is 2. The molecule has 2 aromatic carbocycles. The molecule has 1 aliphatic rings. The molecule has 0 radical (unpaired) electrons. The zero-order valence-electron chi connectivity index (χ0n) is 27.9. The van der Waals surface area contributed by atoms with Crippen LogP contribution < -0.4 is 25.1 Å². The summed E-state index contributed by atoms with van der Waals surface area (Å²) < 4.78 is 24.5. The van der Waals surface area contributed by atoms with Gasteiger partial charge in [-0.25, -0.2) is 5.01 Å². The second-order valence-electron chi connectivity index (χ2n) is 13.3. The number of amides is 2. The Morgan fingerprint density at radius 1 is 1.11 bits per heavy atom. The number of rotatable bonds is 12. The Labute approximate surface area is 263 Å². The number of methoxy groups -OCH3 is 1. The second kappa shape index (κ2) is 13.7. The van der Waals surface area contributed by atoms with Crippen LogP contribution in [0.4, 0.5) is 17.1 Å². The largest absolute Gasteiger partial charge is 0.492 e. The molecule has 2 aromatic rings. The number of carbonyl (C=O) groups is 2. The van der Waals surface area contributed by atoms with Gasteiger partial charge in [0, 0.05) is 24.9 Å². The fraction of sp³-hybridized carbons (Fsp3) is 0.548. The first-order valence-electron chi connectivity index (χ1n) is 14.4. The van der Waals surface area contributed by atoms with Gasteiger partial charge in [0.2, 0.25) is 5.91 Å². The molecule has 244 valence electrons. The molecule has 0 spiro atoms. The van der Waals surface area contributed by atoms with Crippen LogP contribution in [0.2, 0.25) is 0 Å². The molecule has 0 aliphatic carbocycles. The van der Waals surface area contributed by atoms with Crippen molar-refractivity contribution in [1.82, 2.24) is 10.2 Å². The smallest absolute Gasteiger partial charge is 0.255 e. The average Bonchev–Trinajstić information content (AvgIpc) is 3.40. The molecule has 12 nitrogen and oxygen atoms in total. The topological polar surface area (TPSA) is 140 Å². The van der Waals surface area contributed by atoms with Crippen molar-refractivity contribution in [3.05, 3.63) is 47.0 Å².